The molecule has 0 saturated heterocycles. The molecule has 2 N–H and O–H groups in total. The van der Waals surface area contributed by atoms with Gasteiger partial charge in [-0.15, -0.1) is 0 Å². The number of esters is 1. The molecule has 13 heavy (non-hydrogen) atoms. The van der Waals surface area contributed by atoms with Gasteiger partial charge in [0.05, 0.1) is 7.11 Å². The van der Waals surface area contributed by atoms with Crippen molar-refractivity contribution >= 4 is 5.97 Å². The summed E-state index contributed by atoms with van der Waals surface area (Å²) in [6.07, 6.45) is 1.82. The molecule has 0 saturated carbocycles. The molecule has 0 radical (unpaired) electrons. The summed E-state index contributed by atoms with van der Waals surface area (Å²) in [5.74, 6) is -0.328. The highest BCUT2D eigenvalue weighted by molar-refractivity contribution is 5.87. The van der Waals surface area contributed by atoms with Crippen molar-refractivity contribution in [2.45, 2.75) is 13.0 Å². The van der Waals surface area contributed by atoms with E-state index in [-0.39, 0.29) is 12.0 Å². The summed E-state index contributed by atoms with van der Waals surface area (Å²) >= 11 is 0. The van der Waals surface area contributed by atoms with Gasteiger partial charge >= 0.3 is 5.97 Å². The highest BCUT2D eigenvalue weighted by Crippen LogP contribution is 2.11. The maximum Gasteiger partial charge on any atom is 0.354 e. The van der Waals surface area contributed by atoms with E-state index in [1.165, 1.54) is 7.11 Å². The lowest BCUT2D eigenvalue weighted by Gasteiger charge is -2.13. The third-order valence-electron chi connectivity index (χ3n) is 1.99. The van der Waals surface area contributed by atoms with E-state index in [2.05, 4.69) is 4.74 Å². The van der Waals surface area contributed by atoms with Gasteiger partial charge in [0.2, 0.25) is 0 Å². The number of nitrogens with two attached hydrogens (primary N) is 1. The van der Waals surface area contributed by atoms with Crippen LogP contribution in [-0.4, -0.2) is 24.2 Å². The fraction of sp³-hybridized carbons (Fsp3) is 0.444. The fourth-order valence-electron chi connectivity index (χ4n) is 1.17. The first-order valence-corrected chi connectivity index (χ1v) is 4.16. The molecule has 72 valence electrons. The second kappa shape index (κ2) is 4.09. The van der Waals surface area contributed by atoms with Crippen LogP contribution in [0, 0.1) is 0 Å². The molecule has 0 aromatic carbocycles. The van der Waals surface area contributed by atoms with Gasteiger partial charge in [-0.05, 0) is 19.1 Å². The Balaban J connectivity index is 2.95. The van der Waals surface area contributed by atoms with Crippen molar-refractivity contribution in [1.82, 2.24) is 4.57 Å². The van der Waals surface area contributed by atoms with E-state index in [9.17, 15) is 4.79 Å². The summed E-state index contributed by atoms with van der Waals surface area (Å²) in [4.78, 5) is 11.2. The first-order valence-electron chi connectivity index (χ1n) is 4.16. The number of hydrogen-bond donors (Lipinski definition) is 1. The van der Waals surface area contributed by atoms with Crippen LogP contribution in [0.15, 0.2) is 18.3 Å². The van der Waals surface area contributed by atoms with Crippen LogP contribution >= 0.6 is 0 Å². The van der Waals surface area contributed by atoms with Crippen LogP contribution in [0.3, 0.4) is 0 Å². The van der Waals surface area contributed by atoms with E-state index in [0.717, 1.165) is 0 Å². The minimum Gasteiger partial charge on any atom is -0.464 e. The maximum atomic E-state index is 11.2. The molecule has 1 unspecified atom stereocenters. The average Bonchev–Trinajstić information content (AvgIpc) is 2.63. The second-order valence-corrected chi connectivity index (χ2v) is 2.88. The molecule has 1 rings (SSSR count). The molecule has 1 aromatic rings. The number of hydrogen-bond acceptors (Lipinski definition) is 3. The minimum atomic E-state index is -0.328. The Morgan fingerprint density at radius 3 is 3.00 bits per heavy atom. The van der Waals surface area contributed by atoms with Gasteiger partial charge in [-0.2, -0.15) is 0 Å². The van der Waals surface area contributed by atoms with Gasteiger partial charge in [-0.3, -0.25) is 0 Å². The molecule has 1 heterocycles. The van der Waals surface area contributed by atoms with Crippen LogP contribution in [0.4, 0.5) is 0 Å². The Hall–Kier alpha value is -1.29. The molecule has 4 heteroatoms. The lowest BCUT2D eigenvalue weighted by molar-refractivity contribution is 0.0586. The number of methoxy groups -OCH3 is 1. The molecule has 0 bridgehead atoms. The van der Waals surface area contributed by atoms with E-state index >= 15 is 0 Å². The summed E-state index contributed by atoms with van der Waals surface area (Å²) in [7, 11) is 1.37. The van der Waals surface area contributed by atoms with Gasteiger partial charge in [-0.25, -0.2) is 4.79 Å². The van der Waals surface area contributed by atoms with Gasteiger partial charge in [0.15, 0.2) is 0 Å². The Morgan fingerprint density at radius 2 is 2.46 bits per heavy atom. The first kappa shape index (κ1) is 9.80. The van der Waals surface area contributed by atoms with Crippen molar-refractivity contribution in [2.24, 2.45) is 5.73 Å². The van der Waals surface area contributed by atoms with E-state index < -0.39 is 0 Å². The molecular formula is C9H14N2O2. The van der Waals surface area contributed by atoms with Crippen LogP contribution in [0.5, 0.6) is 0 Å². The number of carbonyl (C=O) groups excluding carboxylic acids is 1. The Bertz CT molecular complexity index is 294. The second-order valence-electron chi connectivity index (χ2n) is 2.88. The Kier molecular flexibility index (Phi) is 3.08. The van der Waals surface area contributed by atoms with Gasteiger partial charge in [0, 0.05) is 18.8 Å². The zero-order chi connectivity index (χ0) is 9.84. The third-order valence-corrected chi connectivity index (χ3v) is 1.99. The van der Waals surface area contributed by atoms with Crippen molar-refractivity contribution in [3.8, 4) is 0 Å². The molecule has 0 fully saturated rings. The molecule has 0 aliphatic carbocycles. The summed E-state index contributed by atoms with van der Waals surface area (Å²) < 4.78 is 6.44. The number of rotatable bonds is 3. The lowest BCUT2D eigenvalue weighted by Crippen LogP contribution is -2.19. The normalized spacial score (nSPS) is 12.5. The number of nitrogens with zero attached hydrogens (tertiary/aromatic N) is 1. The third kappa shape index (κ3) is 1.89. The van der Waals surface area contributed by atoms with Crippen molar-refractivity contribution in [2.75, 3.05) is 13.7 Å². The summed E-state index contributed by atoms with van der Waals surface area (Å²) in [5, 5.41) is 0. The molecule has 0 aliphatic rings. The van der Waals surface area contributed by atoms with Crippen LogP contribution in [0.2, 0.25) is 0 Å². The summed E-state index contributed by atoms with van der Waals surface area (Å²) in [5.41, 5.74) is 6.04. The lowest BCUT2D eigenvalue weighted by atomic mass is 10.3. The average molecular weight is 182 g/mol. The maximum absolute atomic E-state index is 11.2. The molecule has 0 amide bonds. The van der Waals surface area contributed by atoms with Crippen LogP contribution in [-0.2, 0) is 4.74 Å². The van der Waals surface area contributed by atoms with Crippen LogP contribution in [0.1, 0.15) is 23.5 Å². The van der Waals surface area contributed by atoms with Crippen molar-refractivity contribution < 1.29 is 9.53 Å². The number of carbonyl (C=O) groups is 1. The van der Waals surface area contributed by atoms with E-state index in [4.69, 9.17) is 5.73 Å². The van der Waals surface area contributed by atoms with Crippen molar-refractivity contribution in [3.63, 3.8) is 0 Å². The molecule has 0 spiro atoms. The quantitative estimate of drug-likeness (QED) is 0.703. The molecule has 4 nitrogen and oxygen atoms in total. The van der Waals surface area contributed by atoms with Gasteiger partial charge in [-0.1, -0.05) is 0 Å². The topological polar surface area (TPSA) is 57.2 Å². The Morgan fingerprint density at radius 1 is 1.77 bits per heavy atom. The van der Waals surface area contributed by atoms with E-state index in [1.807, 2.05) is 17.7 Å². The first-order chi connectivity index (χ1) is 6.20. The molecular weight excluding hydrogens is 168 g/mol. The van der Waals surface area contributed by atoms with Crippen LogP contribution < -0.4 is 5.73 Å². The zero-order valence-electron chi connectivity index (χ0n) is 7.86. The van der Waals surface area contributed by atoms with Crippen molar-refractivity contribution in [3.05, 3.63) is 24.0 Å². The number of ether oxygens (including phenoxy) is 1. The monoisotopic (exact) mass is 182 g/mol. The molecule has 1 atom stereocenters. The standard InChI is InChI=1S/C9H14N2O2/c1-7(6-10)11-5-3-4-8(11)9(12)13-2/h3-5,7H,6,10H2,1-2H3. The number of aromatic nitrogens is 1. The molecule has 1 aromatic heterocycles. The minimum absolute atomic E-state index is 0.115. The van der Waals surface area contributed by atoms with Gasteiger partial charge in [0.25, 0.3) is 0 Å². The predicted octanol–water partition coefficient (Wildman–Crippen LogP) is 0.794. The summed E-state index contributed by atoms with van der Waals surface area (Å²) in [6, 6.07) is 3.64. The fourth-order valence-corrected chi connectivity index (χ4v) is 1.17. The predicted molar refractivity (Wildman–Crippen MR) is 49.5 cm³/mol. The SMILES string of the molecule is COC(=O)c1cccn1C(C)CN. The van der Waals surface area contributed by atoms with Crippen LogP contribution in [0.25, 0.3) is 0 Å². The smallest absolute Gasteiger partial charge is 0.354 e. The highest BCUT2D eigenvalue weighted by Gasteiger charge is 2.13. The van der Waals surface area contributed by atoms with E-state index in [1.54, 1.807) is 12.1 Å². The van der Waals surface area contributed by atoms with Gasteiger partial charge < -0.3 is 15.0 Å². The zero-order valence-corrected chi connectivity index (χ0v) is 7.86. The largest absolute Gasteiger partial charge is 0.464 e. The Labute approximate surface area is 77.3 Å². The highest BCUT2D eigenvalue weighted by atomic mass is 16.5. The molecule has 0 aliphatic heterocycles. The van der Waals surface area contributed by atoms with E-state index in [0.29, 0.717) is 12.2 Å². The summed E-state index contributed by atoms with van der Waals surface area (Å²) in [6.45, 7) is 2.45. The van der Waals surface area contributed by atoms with Crippen molar-refractivity contribution in [1.29, 1.82) is 0 Å². The van der Waals surface area contributed by atoms with Gasteiger partial charge in [0.1, 0.15) is 5.69 Å².